The first-order valence-corrected chi connectivity index (χ1v) is 8.39. The van der Waals surface area contributed by atoms with E-state index in [1.165, 1.54) is 0 Å². The van der Waals surface area contributed by atoms with Crippen molar-refractivity contribution in [2.45, 2.75) is 20.8 Å². The summed E-state index contributed by atoms with van der Waals surface area (Å²) < 4.78 is 16.5. The van der Waals surface area contributed by atoms with E-state index in [0.29, 0.717) is 37.0 Å². The molecule has 0 unspecified atom stereocenters. The van der Waals surface area contributed by atoms with Gasteiger partial charge in [-0.2, -0.15) is 0 Å². The van der Waals surface area contributed by atoms with E-state index in [4.69, 9.17) is 14.2 Å². The van der Waals surface area contributed by atoms with Gasteiger partial charge >= 0.3 is 0 Å². The lowest BCUT2D eigenvalue weighted by atomic mass is 10.1. The highest BCUT2D eigenvalue weighted by Gasteiger charge is 2.09. The summed E-state index contributed by atoms with van der Waals surface area (Å²) in [5, 5.41) is 2.82. The van der Waals surface area contributed by atoms with E-state index in [0.717, 1.165) is 11.1 Å². The van der Waals surface area contributed by atoms with Crippen molar-refractivity contribution in [1.29, 1.82) is 0 Å². The smallest absolute Gasteiger partial charge is 0.262 e. The Bertz CT molecular complexity index is 680. The molecule has 0 atom stereocenters. The van der Waals surface area contributed by atoms with Gasteiger partial charge in [0, 0.05) is 6.61 Å². The van der Waals surface area contributed by atoms with Crippen LogP contribution in [0.1, 0.15) is 18.1 Å². The van der Waals surface area contributed by atoms with Crippen molar-refractivity contribution in [2.75, 3.05) is 31.7 Å². The monoisotopic (exact) mass is 343 g/mol. The molecule has 1 amide bonds. The molecule has 134 valence electrons. The fourth-order valence-electron chi connectivity index (χ4n) is 2.40. The predicted octanol–water partition coefficient (Wildman–Crippen LogP) is 3.74. The highest BCUT2D eigenvalue weighted by Crippen LogP contribution is 2.23. The number of hydrogen-bond acceptors (Lipinski definition) is 4. The van der Waals surface area contributed by atoms with Crippen LogP contribution < -0.4 is 14.8 Å². The number of aryl methyl sites for hydroxylation is 2. The molecule has 0 radical (unpaired) electrons. The number of rotatable bonds is 9. The summed E-state index contributed by atoms with van der Waals surface area (Å²) >= 11 is 0. The van der Waals surface area contributed by atoms with Gasteiger partial charge in [0.25, 0.3) is 5.91 Å². The summed E-state index contributed by atoms with van der Waals surface area (Å²) in [7, 11) is 0. The Morgan fingerprint density at radius 3 is 2.44 bits per heavy atom. The Labute approximate surface area is 148 Å². The average molecular weight is 343 g/mol. The number of hydrogen-bond donors (Lipinski definition) is 1. The highest BCUT2D eigenvalue weighted by atomic mass is 16.5. The van der Waals surface area contributed by atoms with Crippen LogP contribution in [0, 0.1) is 13.8 Å². The SMILES string of the molecule is CCOCCOc1ccccc1NC(=O)COc1cc(C)cc(C)c1. The van der Waals surface area contributed by atoms with Gasteiger partial charge in [0.05, 0.1) is 12.3 Å². The molecule has 2 rings (SSSR count). The first-order valence-electron chi connectivity index (χ1n) is 8.39. The van der Waals surface area contributed by atoms with Crippen molar-refractivity contribution in [3.05, 3.63) is 53.6 Å². The second-order valence-electron chi connectivity index (χ2n) is 5.70. The molecule has 1 N–H and O–H groups in total. The van der Waals surface area contributed by atoms with Crippen molar-refractivity contribution in [3.8, 4) is 11.5 Å². The van der Waals surface area contributed by atoms with Gasteiger partial charge in [-0.3, -0.25) is 4.79 Å². The maximum Gasteiger partial charge on any atom is 0.262 e. The number of amides is 1. The minimum Gasteiger partial charge on any atom is -0.489 e. The quantitative estimate of drug-likeness (QED) is 0.705. The molecular formula is C20H25NO4. The number of carbonyl (C=O) groups excluding carboxylic acids is 1. The predicted molar refractivity (Wildman–Crippen MR) is 98.5 cm³/mol. The van der Waals surface area contributed by atoms with E-state index >= 15 is 0 Å². The lowest BCUT2D eigenvalue weighted by molar-refractivity contribution is -0.118. The zero-order valence-corrected chi connectivity index (χ0v) is 15.0. The lowest BCUT2D eigenvalue weighted by Gasteiger charge is -2.13. The average Bonchev–Trinajstić information content (AvgIpc) is 2.57. The van der Waals surface area contributed by atoms with Gasteiger partial charge in [-0.15, -0.1) is 0 Å². The van der Waals surface area contributed by atoms with Crippen LogP contribution in [-0.4, -0.2) is 32.3 Å². The first kappa shape index (κ1) is 18.8. The molecule has 5 heteroatoms. The molecule has 5 nitrogen and oxygen atoms in total. The Kier molecular flexibility index (Phi) is 7.29. The van der Waals surface area contributed by atoms with Crippen LogP contribution >= 0.6 is 0 Å². The number of anilines is 1. The minimum absolute atomic E-state index is 0.0594. The molecule has 0 heterocycles. The van der Waals surface area contributed by atoms with Gasteiger partial charge < -0.3 is 19.5 Å². The molecule has 0 fully saturated rings. The van der Waals surface area contributed by atoms with E-state index < -0.39 is 0 Å². The topological polar surface area (TPSA) is 56.8 Å². The van der Waals surface area contributed by atoms with E-state index in [1.54, 1.807) is 6.07 Å². The van der Waals surface area contributed by atoms with Gasteiger partial charge in [-0.1, -0.05) is 18.2 Å². The van der Waals surface area contributed by atoms with E-state index in [9.17, 15) is 4.79 Å². The molecule has 25 heavy (non-hydrogen) atoms. The second-order valence-corrected chi connectivity index (χ2v) is 5.70. The molecule has 0 saturated heterocycles. The van der Waals surface area contributed by atoms with Crippen molar-refractivity contribution >= 4 is 11.6 Å². The Morgan fingerprint density at radius 2 is 1.72 bits per heavy atom. The van der Waals surface area contributed by atoms with E-state index in [2.05, 4.69) is 11.4 Å². The minimum atomic E-state index is -0.236. The molecule has 0 saturated carbocycles. The van der Waals surface area contributed by atoms with Crippen molar-refractivity contribution < 1.29 is 19.0 Å². The summed E-state index contributed by atoms with van der Waals surface area (Å²) in [4.78, 5) is 12.2. The van der Waals surface area contributed by atoms with Crippen LogP contribution in [0.4, 0.5) is 5.69 Å². The molecule has 2 aromatic rings. The summed E-state index contributed by atoms with van der Waals surface area (Å²) in [5.41, 5.74) is 2.82. The zero-order valence-electron chi connectivity index (χ0n) is 15.0. The standard InChI is InChI=1S/C20H25NO4/c1-4-23-9-10-24-19-8-6-5-7-18(19)21-20(22)14-25-17-12-15(2)11-16(3)13-17/h5-8,11-13H,4,9-10,14H2,1-3H3,(H,21,22). The van der Waals surface area contributed by atoms with Gasteiger partial charge in [-0.05, 0) is 56.2 Å². The van der Waals surface area contributed by atoms with Crippen LogP contribution in [-0.2, 0) is 9.53 Å². The molecule has 0 aliphatic rings. The van der Waals surface area contributed by atoms with Crippen LogP contribution in [0.25, 0.3) is 0 Å². The number of ether oxygens (including phenoxy) is 3. The fraction of sp³-hybridized carbons (Fsp3) is 0.350. The molecule has 0 spiro atoms. The van der Waals surface area contributed by atoms with Gasteiger partial charge in [0.2, 0.25) is 0 Å². The molecule has 0 aromatic heterocycles. The first-order chi connectivity index (χ1) is 12.1. The Balaban J connectivity index is 1.89. The lowest BCUT2D eigenvalue weighted by Crippen LogP contribution is -2.21. The molecule has 0 aliphatic heterocycles. The largest absolute Gasteiger partial charge is 0.489 e. The summed E-state index contributed by atoms with van der Waals surface area (Å²) in [6, 6.07) is 13.2. The Morgan fingerprint density at radius 1 is 1.00 bits per heavy atom. The summed E-state index contributed by atoms with van der Waals surface area (Å²) in [5.74, 6) is 1.07. The third-order valence-electron chi connectivity index (χ3n) is 3.42. The van der Waals surface area contributed by atoms with Gasteiger partial charge in [-0.25, -0.2) is 0 Å². The van der Waals surface area contributed by atoms with Crippen LogP contribution in [0.2, 0.25) is 0 Å². The molecular weight excluding hydrogens is 318 g/mol. The third-order valence-corrected chi connectivity index (χ3v) is 3.42. The Hall–Kier alpha value is -2.53. The van der Waals surface area contributed by atoms with Crippen molar-refractivity contribution in [3.63, 3.8) is 0 Å². The third kappa shape index (κ3) is 6.47. The zero-order chi connectivity index (χ0) is 18.1. The highest BCUT2D eigenvalue weighted by molar-refractivity contribution is 5.93. The van der Waals surface area contributed by atoms with Gasteiger partial charge in [0.15, 0.2) is 6.61 Å². The normalized spacial score (nSPS) is 10.4. The fourth-order valence-corrected chi connectivity index (χ4v) is 2.40. The maximum absolute atomic E-state index is 12.2. The van der Waals surface area contributed by atoms with Crippen molar-refractivity contribution in [1.82, 2.24) is 0 Å². The molecule has 0 aliphatic carbocycles. The number of nitrogens with one attached hydrogen (secondary N) is 1. The molecule has 0 bridgehead atoms. The molecule has 2 aromatic carbocycles. The van der Waals surface area contributed by atoms with Crippen LogP contribution in [0.3, 0.4) is 0 Å². The van der Waals surface area contributed by atoms with E-state index in [-0.39, 0.29) is 12.5 Å². The van der Waals surface area contributed by atoms with Gasteiger partial charge in [0.1, 0.15) is 18.1 Å². The van der Waals surface area contributed by atoms with Crippen LogP contribution in [0.5, 0.6) is 11.5 Å². The van der Waals surface area contributed by atoms with Crippen LogP contribution in [0.15, 0.2) is 42.5 Å². The number of para-hydroxylation sites is 2. The second kappa shape index (κ2) is 9.69. The summed E-state index contributed by atoms with van der Waals surface area (Å²) in [6.45, 7) is 7.46. The number of benzene rings is 2. The van der Waals surface area contributed by atoms with Crippen molar-refractivity contribution in [2.24, 2.45) is 0 Å². The maximum atomic E-state index is 12.2. The summed E-state index contributed by atoms with van der Waals surface area (Å²) in [6.07, 6.45) is 0. The van der Waals surface area contributed by atoms with E-state index in [1.807, 2.05) is 51.1 Å². The number of carbonyl (C=O) groups is 1.